The Labute approximate surface area is 219 Å². The predicted octanol–water partition coefficient (Wildman–Crippen LogP) is 7.45. The number of hydrogen-bond donors (Lipinski definition) is 1. The number of halogens is 3. The largest absolute Gasteiger partial charge is 0.508 e. The van der Waals surface area contributed by atoms with Crippen LogP contribution in [0.3, 0.4) is 0 Å². The van der Waals surface area contributed by atoms with Gasteiger partial charge < -0.3 is 9.84 Å². The Morgan fingerprint density at radius 1 is 1.06 bits per heavy atom. The second-order valence-corrected chi connectivity index (χ2v) is 10.7. The molecule has 0 aliphatic carbocycles. The molecule has 5 rings (SSSR count). The third kappa shape index (κ3) is 5.56. The SMILES string of the molecule is Oc1ccc2c(c1)C(c1ccc(O[C@H]3CCN(CCCF)C3)cc1)=C(c1ccc(Cl)cc1F)CCS2. The van der Waals surface area contributed by atoms with E-state index in [-0.39, 0.29) is 24.3 Å². The quantitative estimate of drug-likeness (QED) is 0.346. The van der Waals surface area contributed by atoms with Gasteiger partial charge in [-0.1, -0.05) is 29.8 Å². The summed E-state index contributed by atoms with van der Waals surface area (Å²) in [7, 11) is 0. The van der Waals surface area contributed by atoms with E-state index in [1.54, 1.807) is 36.0 Å². The molecule has 2 aliphatic rings. The van der Waals surface area contributed by atoms with Gasteiger partial charge in [-0.3, -0.25) is 9.29 Å². The molecule has 2 aliphatic heterocycles. The maximum atomic E-state index is 15.1. The maximum absolute atomic E-state index is 15.1. The van der Waals surface area contributed by atoms with Crippen molar-refractivity contribution in [3.05, 3.63) is 88.2 Å². The first-order chi connectivity index (χ1) is 17.5. The summed E-state index contributed by atoms with van der Waals surface area (Å²) in [6.07, 6.45) is 2.23. The highest BCUT2D eigenvalue weighted by Gasteiger charge is 2.25. The second-order valence-electron chi connectivity index (χ2n) is 9.15. The molecule has 3 aromatic rings. The van der Waals surface area contributed by atoms with Gasteiger partial charge in [0.15, 0.2) is 0 Å². The molecule has 7 heteroatoms. The zero-order valence-electron chi connectivity index (χ0n) is 19.9. The zero-order chi connectivity index (χ0) is 25.1. The van der Waals surface area contributed by atoms with Gasteiger partial charge >= 0.3 is 0 Å². The van der Waals surface area contributed by atoms with Crippen LogP contribution in [0.1, 0.15) is 36.0 Å². The molecule has 3 aromatic carbocycles. The molecule has 1 fully saturated rings. The summed E-state index contributed by atoms with van der Waals surface area (Å²) in [6, 6.07) is 18.0. The normalized spacial score (nSPS) is 18.2. The van der Waals surface area contributed by atoms with Crippen molar-refractivity contribution in [3.63, 3.8) is 0 Å². The Bertz CT molecular complexity index is 1260. The molecule has 0 unspecified atom stereocenters. The van der Waals surface area contributed by atoms with Gasteiger partial charge in [-0.05, 0) is 84.0 Å². The first-order valence-corrected chi connectivity index (χ1v) is 13.6. The lowest BCUT2D eigenvalue weighted by molar-refractivity contribution is 0.198. The molecule has 1 atom stereocenters. The number of phenolic OH excluding ortho intramolecular Hbond substituents is 1. The lowest BCUT2D eigenvalue weighted by Gasteiger charge is -2.19. The summed E-state index contributed by atoms with van der Waals surface area (Å²) in [4.78, 5) is 3.29. The fraction of sp³-hybridized carbons (Fsp3) is 0.310. The molecule has 2 heterocycles. The number of benzene rings is 3. The molecule has 36 heavy (non-hydrogen) atoms. The van der Waals surface area contributed by atoms with Crippen LogP contribution in [0.15, 0.2) is 65.6 Å². The smallest absolute Gasteiger partial charge is 0.132 e. The Balaban J connectivity index is 1.49. The van der Waals surface area contributed by atoms with E-state index in [4.69, 9.17) is 16.3 Å². The third-order valence-corrected chi connectivity index (χ3v) is 7.99. The Kier molecular flexibility index (Phi) is 7.85. The molecule has 0 radical (unpaired) electrons. The van der Waals surface area contributed by atoms with Gasteiger partial charge in [-0.15, -0.1) is 11.8 Å². The average Bonchev–Trinajstić information content (AvgIpc) is 3.23. The highest BCUT2D eigenvalue weighted by molar-refractivity contribution is 7.99. The maximum Gasteiger partial charge on any atom is 0.132 e. The van der Waals surface area contributed by atoms with Crippen molar-refractivity contribution in [3.8, 4) is 11.5 Å². The molecule has 3 nitrogen and oxygen atoms in total. The number of likely N-dealkylation sites (tertiary alicyclic amines) is 1. The van der Waals surface area contributed by atoms with E-state index in [2.05, 4.69) is 4.90 Å². The molecular weight excluding hydrogens is 500 g/mol. The molecule has 0 saturated carbocycles. The Hall–Kier alpha value is -2.54. The van der Waals surface area contributed by atoms with Crippen molar-refractivity contribution in [2.45, 2.75) is 30.3 Å². The number of phenols is 1. The summed E-state index contributed by atoms with van der Waals surface area (Å²) in [5.41, 5.74) is 4.11. The van der Waals surface area contributed by atoms with Gasteiger partial charge in [-0.25, -0.2) is 4.39 Å². The minimum absolute atomic E-state index is 0.0837. The van der Waals surface area contributed by atoms with E-state index >= 15 is 4.39 Å². The van der Waals surface area contributed by atoms with Crippen LogP contribution < -0.4 is 4.74 Å². The van der Waals surface area contributed by atoms with E-state index in [0.717, 1.165) is 64.7 Å². The molecule has 0 bridgehead atoms. The highest BCUT2D eigenvalue weighted by Crippen LogP contribution is 2.44. The number of aromatic hydroxyl groups is 1. The zero-order valence-corrected chi connectivity index (χ0v) is 21.4. The fourth-order valence-electron chi connectivity index (χ4n) is 5.00. The number of hydrogen-bond acceptors (Lipinski definition) is 4. The first kappa shape index (κ1) is 25.1. The van der Waals surface area contributed by atoms with Crippen LogP contribution in [0.2, 0.25) is 5.02 Å². The molecule has 0 spiro atoms. The van der Waals surface area contributed by atoms with Crippen LogP contribution in [0.25, 0.3) is 11.1 Å². The van der Waals surface area contributed by atoms with Crippen molar-refractivity contribution in [1.82, 2.24) is 4.90 Å². The average molecular weight is 528 g/mol. The van der Waals surface area contributed by atoms with E-state index in [0.29, 0.717) is 23.4 Å². The molecule has 0 aromatic heterocycles. The number of allylic oxidation sites excluding steroid dienone is 1. The number of ether oxygens (including phenoxy) is 1. The van der Waals surface area contributed by atoms with Crippen molar-refractivity contribution in [2.75, 3.05) is 32.1 Å². The second kappa shape index (κ2) is 11.2. The number of rotatable bonds is 7. The van der Waals surface area contributed by atoms with Gasteiger partial charge in [0.2, 0.25) is 0 Å². The lowest BCUT2D eigenvalue weighted by atomic mass is 9.88. The number of alkyl halides is 1. The van der Waals surface area contributed by atoms with Crippen LogP contribution in [0.4, 0.5) is 8.78 Å². The predicted molar refractivity (Wildman–Crippen MR) is 143 cm³/mol. The highest BCUT2D eigenvalue weighted by atomic mass is 35.5. The molecule has 188 valence electrons. The van der Waals surface area contributed by atoms with E-state index in [1.807, 2.05) is 30.3 Å². The summed E-state index contributed by atoms with van der Waals surface area (Å²) in [5, 5.41) is 10.7. The summed E-state index contributed by atoms with van der Waals surface area (Å²) in [6.45, 7) is 2.19. The van der Waals surface area contributed by atoms with Crippen molar-refractivity contribution >= 4 is 34.5 Å². The molecular formula is C29H28ClF2NO2S. The standard InChI is InChI=1S/C29H28ClF2NO2S/c30-20-4-8-24(27(32)16-20)25-11-15-36-28-9-5-21(34)17-26(28)29(25)19-2-6-22(7-3-19)35-23-10-14-33(18-23)13-1-12-31/h2-9,16-17,23,34H,1,10-15,18H2/t23-/m0/s1. The number of fused-ring (bicyclic) bond motifs is 1. The first-order valence-electron chi connectivity index (χ1n) is 12.2. The fourth-order valence-corrected chi connectivity index (χ4v) is 6.16. The molecule has 0 amide bonds. The van der Waals surface area contributed by atoms with Crippen molar-refractivity contribution in [2.24, 2.45) is 0 Å². The number of nitrogens with zero attached hydrogens (tertiary/aromatic N) is 1. The van der Waals surface area contributed by atoms with Crippen LogP contribution in [-0.2, 0) is 0 Å². The Morgan fingerprint density at radius 3 is 2.67 bits per heavy atom. The summed E-state index contributed by atoms with van der Waals surface area (Å²) >= 11 is 7.74. The lowest BCUT2D eigenvalue weighted by Crippen LogP contribution is -2.26. The van der Waals surface area contributed by atoms with Gasteiger partial charge in [0.1, 0.15) is 23.4 Å². The van der Waals surface area contributed by atoms with Gasteiger partial charge in [-0.2, -0.15) is 0 Å². The van der Waals surface area contributed by atoms with E-state index in [9.17, 15) is 9.50 Å². The van der Waals surface area contributed by atoms with Gasteiger partial charge in [0, 0.05) is 40.9 Å². The number of thioether (sulfide) groups is 1. The van der Waals surface area contributed by atoms with Crippen LogP contribution in [0, 0.1) is 5.82 Å². The third-order valence-electron chi connectivity index (χ3n) is 6.68. The minimum atomic E-state index is -0.359. The summed E-state index contributed by atoms with van der Waals surface area (Å²) in [5.74, 6) is 1.38. The summed E-state index contributed by atoms with van der Waals surface area (Å²) < 4.78 is 33.8. The monoisotopic (exact) mass is 527 g/mol. The van der Waals surface area contributed by atoms with Gasteiger partial charge in [0.05, 0.1) is 6.67 Å². The molecule has 1 saturated heterocycles. The minimum Gasteiger partial charge on any atom is -0.508 e. The topological polar surface area (TPSA) is 32.7 Å². The Morgan fingerprint density at radius 2 is 1.89 bits per heavy atom. The molecule has 1 N–H and O–H groups in total. The van der Waals surface area contributed by atoms with Crippen LogP contribution in [0.5, 0.6) is 11.5 Å². The van der Waals surface area contributed by atoms with Crippen molar-refractivity contribution in [1.29, 1.82) is 0 Å². The van der Waals surface area contributed by atoms with Gasteiger partial charge in [0.25, 0.3) is 0 Å². The van der Waals surface area contributed by atoms with Crippen LogP contribution >= 0.6 is 23.4 Å². The van der Waals surface area contributed by atoms with Crippen LogP contribution in [-0.4, -0.2) is 48.2 Å². The van der Waals surface area contributed by atoms with Crippen molar-refractivity contribution < 1.29 is 18.6 Å². The van der Waals surface area contributed by atoms with E-state index < -0.39 is 0 Å². The van der Waals surface area contributed by atoms with E-state index in [1.165, 1.54) is 6.07 Å².